The van der Waals surface area contributed by atoms with Gasteiger partial charge in [0.25, 0.3) is 10.0 Å². The highest BCUT2D eigenvalue weighted by Crippen LogP contribution is 2.18. The van der Waals surface area contributed by atoms with E-state index < -0.39 is 10.0 Å². The first kappa shape index (κ1) is 21.8. The van der Waals surface area contributed by atoms with Crippen LogP contribution >= 0.6 is 23.2 Å². The summed E-state index contributed by atoms with van der Waals surface area (Å²) in [4.78, 5) is 12.0. The lowest BCUT2D eigenvalue weighted by Crippen LogP contribution is -2.16. The van der Waals surface area contributed by atoms with Crippen molar-refractivity contribution in [1.82, 2.24) is 10.2 Å². The maximum atomic E-state index is 12.4. The van der Waals surface area contributed by atoms with Gasteiger partial charge in [0.1, 0.15) is 5.75 Å². The van der Waals surface area contributed by atoms with E-state index in [9.17, 15) is 13.2 Å². The van der Waals surface area contributed by atoms with Gasteiger partial charge < -0.3 is 10.1 Å². The summed E-state index contributed by atoms with van der Waals surface area (Å²) in [5.74, 6) is 0.381. The SMILES string of the molecule is O=C(CCOc1ccc(Cl)cc1)Nc1ccc(S(=O)(=O)Nc2ccc(Cl)nn2)cc1. The number of benzene rings is 2. The zero-order valence-electron chi connectivity index (χ0n) is 15.4. The second kappa shape index (κ2) is 9.75. The van der Waals surface area contributed by atoms with Crippen LogP contribution in [-0.4, -0.2) is 31.1 Å². The van der Waals surface area contributed by atoms with Crippen LogP contribution in [0.25, 0.3) is 0 Å². The first-order valence-electron chi connectivity index (χ1n) is 8.62. The van der Waals surface area contributed by atoms with Crippen molar-refractivity contribution >= 4 is 50.6 Å². The van der Waals surface area contributed by atoms with Gasteiger partial charge in [-0.25, -0.2) is 8.42 Å². The van der Waals surface area contributed by atoms with E-state index >= 15 is 0 Å². The van der Waals surface area contributed by atoms with Gasteiger partial charge in [-0.3, -0.25) is 9.52 Å². The molecule has 0 spiro atoms. The van der Waals surface area contributed by atoms with E-state index in [2.05, 4.69) is 20.2 Å². The van der Waals surface area contributed by atoms with Crippen LogP contribution < -0.4 is 14.8 Å². The van der Waals surface area contributed by atoms with Crippen LogP contribution in [0.2, 0.25) is 10.2 Å². The fourth-order valence-electron chi connectivity index (χ4n) is 2.30. The zero-order valence-corrected chi connectivity index (χ0v) is 17.7. The number of ether oxygens (including phenoxy) is 1. The topological polar surface area (TPSA) is 110 Å². The Morgan fingerprint density at radius 3 is 2.27 bits per heavy atom. The second-order valence-electron chi connectivity index (χ2n) is 5.97. The van der Waals surface area contributed by atoms with E-state index in [1.54, 1.807) is 24.3 Å². The molecule has 30 heavy (non-hydrogen) atoms. The van der Waals surface area contributed by atoms with E-state index in [4.69, 9.17) is 27.9 Å². The van der Waals surface area contributed by atoms with Crippen LogP contribution in [0.1, 0.15) is 6.42 Å². The number of anilines is 2. The molecule has 11 heteroatoms. The van der Waals surface area contributed by atoms with E-state index in [0.29, 0.717) is 16.5 Å². The van der Waals surface area contributed by atoms with Crippen molar-refractivity contribution in [3.8, 4) is 5.75 Å². The second-order valence-corrected chi connectivity index (χ2v) is 8.48. The molecule has 0 unspecified atom stereocenters. The minimum atomic E-state index is -3.86. The lowest BCUT2D eigenvalue weighted by Gasteiger charge is -2.09. The number of halogens is 2. The average molecular weight is 467 g/mol. The number of hydrogen-bond acceptors (Lipinski definition) is 6. The van der Waals surface area contributed by atoms with Crippen molar-refractivity contribution < 1.29 is 17.9 Å². The third kappa shape index (κ3) is 6.31. The average Bonchev–Trinajstić information content (AvgIpc) is 2.71. The number of sulfonamides is 1. The fraction of sp³-hybridized carbons (Fsp3) is 0.105. The third-order valence-corrected chi connectivity index (χ3v) is 5.55. The molecule has 0 atom stereocenters. The molecule has 156 valence electrons. The number of nitrogens with one attached hydrogen (secondary N) is 2. The first-order valence-corrected chi connectivity index (χ1v) is 10.9. The molecule has 2 aromatic carbocycles. The summed E-state index contributed by atoms with van der Waals surface area (Å²) in [7, 11) is -3.86. The smallest absolute Gasteiger partial charge is 0.263 e. The largest absolute Gasteiger partial charge is 0.493 e. The predicted molar refractivity (Wildman–Crippen MR) is 114 cm³/mol. The van der Waals surface area contributed by atoms with Crippen molar-refractivity contribution in [3.63, 3.8) is 0 Å². The van der Waals surface area contributed by atoms with Crippen molar-refractivity contribution in [1.29, 1.82) is 0 Å². The van der Waals surface area contributed by atoms with Crippen molar-refractivity contribution in [2.45, 2.75) is 11.3 Å². The Balaban J connectivity index is 1.52. The molecule has 0 aliphatic carbocycles. The van der Waals surface area contributed by atoms with Crippen molar-refractivity contribution in [3.05, 3.63) is 70.8 Å². The van der Waals surface area contributed by atoms with Gasteiger partial charge in [0.15, 0.2) is 11.0 Å². The van der Waals surface area contributed by atoms with E-state index in [1.165, 1.54) is 36.4 Å². The molecule has 0 aliphatic rings. The molecule has 2 N–H and O–H groups in total. The molecule has 3 rings (SSSR count). The van der Waals surface area contributed by atoms with Gasteiger partial charge in [0.2, 0.25) is 5.91 Å². The Hall–Kier alpha value is -2.88. The van der Waals surface area contributed by atoms with Crippen LogP contribution in [0.15, 0.2) is 65.6 Å². The van der Waals surface area contributed by atoms with Gasteiger partial charge in [0, 0.05) is 10.7 Å². The standard InChI is InChI=1S/C19H16Cl2N4O4S/c20-13-1-5-15(6-2-13)29-12-11-19(26)22-14-3-7-16(8-4-14)30(27,28)25-18-10-9-17(21)23-24-18/h1-10H,11-12H2,(H,22,26)(H,24,25). The van der Waals surface area contributed by atoms with Crippen molar-refractivity contribution in [2.24, 2.45) is 0 Å². The Morgan fingerprint density at radius 2 is 1.63 bits per heavy atom. The monoisotopic (exact) mass is 466 g/mol. The number of carbonyl (C=O) groups is 1. The van der Waals surface area contributed by atoms with Gasteiger partial charge in [-0.2, -0.15) is 0 Å². The summed E-state index contributed by atoms with van der Waals surface area (Å²) in [6, 6.07) is 15.3. The Labute approximate surface area is 183 Å². The number of amides is 1. The Bertz CT molecular complexity index is 1110. The summed E-state index contributed by atoms with van der Waals surface area (Å²) in [6.45, 7) is 0.186. The number of aromatic nitrogens is 2. The van der Waals surface area contributed by atoms with Crippen molar-refractivity contribution in [2.75, 3.05) is 16.6 Å². The van der Waals surface area contributed by atoms with Crippen LogP contribution in [-0.2, 0) is 14.8 Å². The van der Waals surface area contributed by atoms with Gasteiger partial charge in [0.05, 0.1) is 17.9 Å². The zero-order chi connectivity index (χ0) is 21.6. The fourth-order valence-corrected chi connectivity index (χ4v) is 3.52. The molecule has 1 aromatic heterocycles. The summed E-state index contributed by atoms with van der Waals surface area (Å²) < 4.78 is 32.6. The minimum Gasteiger partial charge on any atom is -0.493 e. The molecular weight excluding hydrogens is 451 g/mol. The molecule has 0 aliphatic heterocycles. The molecule has 0 radical (unpaired) electrons. The normalized spacial score (nSPS) is 11.0. The molecule has 3 aromatic rings. The quantitative estimate of drug-likeness (QED) is 0.519. The third-order valence-electron chi connectivity index (χ3n) is 3.73. The van der Waals surface area contributed by atoms with Crippen LogP contribution in [0.4, 0.5) is 11.5 Å². The number of nitrogens with zero attached hydrogens (tertiary/aromatic N) is 2. The molecule has 0 saturated heterocycles. The van der Waals surface area contributed by atoms with Crippen LogP contribution in [0.3, 0.4) is 0 Å². The van der Waals surface area contributed by atoms with Gasteiger partial charge >= 0.3 is 0 Å². The minimum absolute atomic E-state index is 0.00307. The van der Waals surface area contributed by atoms with Gasteiger partial charge in [-0.1, -0.05) is 23.2 Å². The molecular formula is C19H16Cl2N4O4S. The molecule has 8 nitrogen and oxygen atoms in total. The number of hydrogen-bond donors (Lipinski definition) is 2. The Kier molecular flexibility index (Phi) is 7.09. The molecule has 0 bridgehead atoms. The molecule has 1 heterocycles. The predicted octanol–water partition coefficient (Wildman–Crippen LogP) is 3.99. The summed E-state index contributed by atoms with van der Waals surface area (Å²) in [5, 5.41) is 10.7. The lowest BCUT2D eigenvalue weighted by atomic mass is 10.3. The highest BCUT2D eigenvalue weighted by atomic mass is 35.5. The maximum absolute atomic E-state index is 12.4. The maximum Gasteiger partial charge on any atom is 0.263 e. The molecule has 0 fully saturated rings. The summed E-state index contributed by atoms with van der Waals surface area (Å²) in [5.41, 5.74) is 0.455. The van der Waals surface area contributed by atoms with E-state index in [-0.39, 0.29) is 34.8 Å². The highest BCUT2D eigenvalue weighted by Gasteiger charge is 2.15. The lowest BCUT2D eigenvalue weighted by molar-refractivity contribution is -0.116. The van der Waals surface area contributed by atoms with E-state index in [0.717, 1.165) is 0 Å². The first-order chi connectivity index (χ1) is 14.3. The summed E-state index contributed by atoms with van der Waals surface area (Å²) >= 11 is 11.4. The van der Waals surface area contributed by atoms with Crippen LogP contribution in [0.5, 0.6) is 5.75 Å². The van der Waals surface area contributed by atoms with Gasteiger partial charge in [-0.15, -0.1) is 10.2 Å². The van der Waals surface area contributed by atoms with Gasteiger partial charge in [-0.05, 0) is 60.7 Å². The Morgan fingerprint density at radius 1 is 0.933 bits per heavy atom. The molecule has 0 saturated carbocycles. The highest BCUT2D eigenvalue weighted by molar-refractivity contribution is 7.92. The molecule has 1 amide bonds. The van der Waals surface area contributed by atoms with Crippen LogP contribution in [0, 0.1) is 0 Å². The van der Waals surface area contributed by atoms with E-state index in [1.807, 2.05) is 0 Å². The summed E-state index contributed by atoms with van der Waals surface area (Å²) in [6.07, 6.45) is 0.124. The number of rotatable bonds is 8. The number of carbonyl (C=O) groups excluding carboxylic acids is 1.